The van der Waals surface area contributed by atoms with Crippen molar-refractivity contribution in [3.8, 4) is 5.75 Å². The number of azide groups is 1. The molecule has 298 valence electrons. The number of amides is 4. The number of benzene rings is 2. The predicted molar refractivity (Wildman–Crippen MR) is 206 cm³/mol. The van der Waals surface area contributed by atoms with Crippen molar-refractivity contribution in [3.05, 3.63) is 76.2 Å². The minimum absolute atomic E-state index is 0.00752. The molecule has 2 aliphatic heterocycles. The van der Waals surface area contributed by atoms with Gasteiger partial charge in [0.15, 0.2) is 12.7 Å². The van der Waals surface area contributed by atoms with Crippen LogP contribution in [0.25, 0.3) is 10.4 Å². The van der Waals surface area contributed by atoms with E-state index in [-0.39, 0.29) is 61.9 Å². The molecule has 2 aromatic rings. The molecular formula is C38H51N7O9S. The molecule has 0 aromatic heterocycles. The van der Waals surface area contributed by atoms with E-state index in [0.29, 0.717) is 80.7 Å². The maximum absolute atomic E-state index is 13.4. The Morgan fingerprint density at radius 2 is 1.62 bits per heavy atom. The van der Waals surface area contributed by atoms with E-state index in [1.165, 1.54) is 0 Å². The van der Waals surface area contributed by atoms with Crippen LogP contribution in [0.3, 0.4) is 0 Å². The van der Waals surface area contributed by atoms with E-state index >= 15 is 0 Å². The number of hydrogen-bond donors (Lipinski definition) is 4. The molecule has 55 heavy (non-hydrogen) atoms. The van der Waals surface area contributed by atoms with Crippen molar-refractivity contribution in [2.45, 2.75) is 74.8 Å². The number of carbonyl (C=O) groups is 5. The molecule has 0 radical (unpaired) electrons. The minimum atomic E-state index is -1.21. The zero-order valence-corrected chi connectivity index (χ0v) is 31.8. The normalized spacial score (nSPS) is 17.5. The second kappa shape index (κ2) is 24.6. The molecule has 4 N–H and O–H groups in total. The molecule has 2 saturated heterocycles. The van der Waals surface area contributed by atoms with Crippen LogP contribution < -0.4 is 26.0 Å². The molecule has 4 atom stereocenters. The number of hydrogen-bond acceptors (Lipinski definition) is 11. The van der Waals surface area contributed by atoms with Gasteiger partial charge in [0.25, 0.3) is 5.91 Å². The lowest BCUT2D eigenvalue weighted by atomic mass is 9.99. The van der Waals surface area contributed by atoms with Crippen LogP contribution in [0.2, 0.25) is 0 Å². The van der Waals surface area contributed by atoms with E-state index in [1.807, 2.05) is 11.8 Å². The van der Waals surface area contributed by atoms with Gasteiger partial charge in [-0.3, -0.25) is 19.2 Å². The maximum Gasteiger partial charge on any atom is 0.315 e. The van der Waals surface area contributed by atoms with Crippen LogP contribution in [-0.4, -0.2) is 105 Å². The molecule has 2 heterocycles. The van der Waals surface area contributed by atoms with Crippen LogP contribution >= 0.6 is 11.8 Å². The molecule has 0 bridgehead atoms. The highest BCUT2D eigenvalue weighted by atomic mass is 32.2. The third kappa shape index (κ3) is 15.8. The van der Waals surface area contributed by atoms with Crippen LogP contribution in [0.15, 0.2) is 59.7 Å². The van der Waals surface area contributed by atoms with Crippen molar-refractivity contribution < 1.29 is 42.9 Å². The maximum atomic E-state index is 13.4. The van der Waals surface area contributed by atoms with E-state index in [2.05, 4.69) is 31.3 Å². The van der Waals surface area contributed by atoms with Gasteiger partial charge in [-0.15, -0.1) is 0 Å². The first-order chi connectivity index (χ1) is 26.8. The van der Waals surface area contributed by atoms with Gasteiger partial charge in [0.1, 0.15) is 5.75 Å². The number of ketones is 1. The van der Waals surface area contributed by atoms with Gasteiger partial charge in [-0.1, -0.05) is 60.4 Å². The highest BCUT2D eigenvalue weighted by Crippen LogP contribution is 2.33. The van der Waals surface area contributed by atoms with Gasteiger partial charge in [-0.05, 0) is 43.3 Å². The number of fused-ring (bicyclic) bond motifs is 1. The van der Waals surface area contributed by atoms with Crippen LogP contribution in [-0.2, 0) is 28.6 Å². The molecule has 0 saturated carbocycles. The number of unbranched alkanes of at least 4 members (excludes halogenated alkanes) is 3. The average Bonchev–Trinajstić information content (AvgIpc) is 3.75. The largest absolute Gasteiger partial charge is 0.484 e. The number of ether oxygens (including phenoxy) is 4. The second-order valence-corrected chi connectivity index (χ2v) is 14.3. The number of esters is 1. The number of urea groups is 1. The molecule has 4 rings (SSSR count). The Hall–Kier alpha value is -4.83. The standard InChI is InChI=1S/C38H51N7O9S/c39-45-42-17-8-2-5-16-34(48)54-37(36(49)27-10-3-1-4-11-27)28-12-9-13-29(24-28)53-25-33(47)41-19-21-52-23-22-51-20-18-40-32(46)15-7-6-14-31-35-30(26-55-31)43-38(50)44-35/h1,3-4,9-13,24,30-31,35,37H,2,5-8,14-23,25-26H2,(H,40,46)(H,41,47)(H2,43,44,50)/t30-,31?,35-,37?/m1/s1. The Kier molecular flexibility index (Phi) is 19.2. The summed E-state index contributed by atoms with van der Waals surface area (Å²) in [6.45, 7) is 2.06. The van der Waals surface area contributed by atoms with Gasteiger partial charge in [0.2, 0.25) is 11.7 Å². The molecule has 2 aromatic carbocycles. The van der Waals surface area contributed by atoms with E-state index in [4.69, 9.17) is 24.5 Å². The molecule has 2 aliphatic rings. The van der Waals surface area contributed by atoms with E-state index in [9.17, 15) is 24.0 Å². The SMILES string of the molecule is [N-]=[N+]=NCCCCCC(=O)OC(C(=O)c1ccccc1)c1cccc(OCC(=O)NCCOCCOCCNC(=O)CCCCC2SC[C@H]3NC(=O)N[C@@H]23)c1. The molecule has 16 nitrogen and oxygen atoms in total. The van der Waals surface area contributed by atoms with Gasteiger partial charge in [0.05, 0.1) is 38.5 Å². The summed E-state index contributed by atoms with van der Waals surface area (Å²) >= 11 is 1.88. The summed E-state index contributed by atoms with van der Waals surface area (Å²) in [5.41, 5.74) is 9.18. The molecule has 17 heteroatoms. The van der Waals surface area contributed by atoms with Crippen molar-refractivity contribution >= 4 is 41.4 Å². The second-order valence-electron chi connectivity index (χ2n) is 13.0. The van der Waals surface area contributed by atoms with Crippen LogP contribution in [0.5, 0.6) is 5.75 Å². The monoisotopic (exact) mass is 781 g/mol. The zero-order chi connectivity index (χ0) is 39.1. The van der Waals surface area contributed by atoms with Crippen molar-refractivity contribution in [3.63, 3.8) is 0 Å². The Morgan fingerprint density at radius 1 is 0.873 bits per heavy atom. The lowest BCUT2D eigenvalue weighted by Gasteiger charge is -2.18. The highest BCUT2D eigenvalue weighted by Gasteiger charge is 2.42. The predicted octanol–water partition coefficient (Wildman–Crippen LogP) is 4.39. The van der Waals surface area contributed by atoms with Gasteiger partial charge in [-0.2, -0.15) is 11.8 Å². The van der Waals surface area contributed by atoms with E-state index in [1.54, 1.807) is 54.6 Å². The Balaban J connectivity index is 1.04. The average molecular weight is 782 g/mol. The third-order valence-corrected chi connectivity index (χ3v) is 10.4. The van der Waals surface area contributed by atoms with Gasteiger partial charge in [0, 0.05) is 59.5 Å². The fourth-order valence-electron chi connectivity index (χ4n) is 6.07. The molecule has 2 unspecified atom stereocenters. The molecule has 2 fully saturated rings. The topological polar surface area (TPSA) is 219 Å². The van der Waals surface area contributed by atoms with Gasteiger partial charge < -0.3 is 40.2 Å². The number of nitrogens with one attached hydrogen (secondary N) is 4. The lowest BCUT2D eigenvalue weighted by molar-refractivity contribution is -0.147. The van der Waals surface area contributed by atoms with Crippen LogP contribution in [0, 0.1) is 0 Å². The first-order valence-corrected chi connectivity index (χ1v) is 19.8. The van der Waals surface area contributed by atoms with Crippen molar-refractivity contribution in [2.24, 2.45) is 5.11 Å². The Morgan fingerprint density at radius 3 is 2.38 bits per heavy atom. The summed E-state index contributed by atoms with van der Waals surface area (Å²) in [5.74, 6) is -0.0334. The summed E-state index contributed by atoms with van der Waals surface area (Å²) < 4.78 is 22.4. The van der Waals surface area contributed by atoms with Crippen LogP contribution in [0.4, 0.5) is 4.79 Å². The van der Waals surface area contributed by atoms with Crippen molar-refractivity contribution in [2.75, 3.05) is 58.4 Å². The fraction of sp³-hybridized carbons (Fsp3) is 0.553. The van der Waals surface area contributed by atoms with Gasteiger partial charge in [-0.25, -0.2) is 4.79 Å². The fourth-order valence-corrected chi connectivity index (χ4v) is 7.61. The third-order valence-electron chi connectivity index (χ3n) is 8.87. The number of rotatable bonds is 27. The van der Waals surface area contributed by atoms with E-state index in [0.717, 1.165) is 25.0 Å². The van der Waals surface area contributed by atoms with Crippen molar-refractivity contribution in [1.82, 2.24) is 21.3 Å². The summed E-state index contributed by atoms with van der Waals surface area (Å²) in [4.78, 5) is 64.9. The van der Waals surface area contributed by atoms with Gasteiger partial charge >= 0.3 is 12.0 Å². The molecule has 0 aliphatic carbocycles. The Bertz CT molecular complexity index is 1590. The number of carbonyl (C=O) groups excluding carboxylic acids is 5. The first kappa shape index (κ1) is 42.9. The van der Waals surface area contributed by atoms with Crippen molar-refractivity contribution in [1.29, 1.82) is 0 Å². The minimum Gasteiger partial charge on any atom is -0.484 e. The Labute approximate surface area is 325 Å². The number of nitrogens with zero attached hydrogens (tertiary/aromatic N) is 3. The first-order valence-electron chi connectivity index (χ1n) is 18.7. The summed E-state index contributed by atoms with van der Waals surface area (Å²) in [5, 5.41) is 15.4. The van der Waals surface area contributed by atoms with Crippen LogP contribution in [0.1, 0.15) is 73.4 Å². The summed E-state index contributed by atoms with van der Waals surface area (Å²) in [7, 11) is 0. The zero-order valence-electron chi connectivity index (χ0n) is 31.0. The quantitative estimate of drug-likeness (QED) is 0.0191. The number of Topliss-reactive ketones (excluding diaryl/α,β-unsaturated/α-hetero) is 1. The smallest absolute Gasteiger partial charge is 0.315 e. The lowest BCUT2D eigenvalue weighted by Crippen LogP contribution is -2.36. The molecular weight excluding hydrogens is 731 g/mol. The highest BCUT2D eigenvalue weighted by molar-refractivity contribution is 8.00. The van der Waals surface area contributed by atoms with E-state index < -0.39 is 12.1 Å². The summed E-state index contributed by atoms with van der Waals surface area (Å²) in [6.07, 6.45) is 3.91. The summed E-state index contributed by atoms with van der Waals surface area (Å²) in [6, 6.07) is 15.4. The molecule has 0 spiro atoms. The number of thioether (sulfide) groups is 1. The molecule has 4 amide bonds.